The molecule has 2 aliphatic heterocycles. The molecule has 4 N–H and O–H groups in total. The van der Waals surface area contributed by atoms with Crippen molar-refractivity contribution in [3.63, 3.8) is 0 Å². The van der Waals surface area contributed by atoms with Crippen molar-refractivity contribution >= 4 is 29.3 Å². The van der Waals surface area contributed by atoms with Crippen LogP contribution in [0, 0.1) is 0 Å². The van der Waals surface area contributed by atoms with Crippen molar-refractivity contribution in [2.45, 2.75) is 38.4 Å². The van der Waals surface area contributed by atoms with Crippen molar-refractivity contribution in [1.82, 2.24) is 15.2 Å². The topological polar surface area (TPSA) is 124 Å². The number of hydrogen-bond donors (Lipinski definition) is 4. The second kappa shape index (κ2) is 8.63. The lowest BCUT2D eigenvalue weighted by molar-refractivity contribution is -0.139. The lowest BCUT2D eigenvalue weighted by Gasteiger charge is -2.21. The number of anilines is 2. The molecule has 1 aromatic heterocycles. The number of amides is 2. The maximum Gasteiger partial charge on any atom is 0.305 e. The van der Waals surface area contributed by atoms with E-state index in [-0.39, 0.29) is 24.8 Å². The first-order valence-corrected chi connectivity index (χ1v) is 10.3. The van der Waals surface area contributed by atoms with Gasteiger partial charge in [0.25, 0.3) is 5.91 Å². The van der Waals surface area contributed by atoms with E-state index in [1.807, 2.05) is 6.07 Å². The predicted octanol–water partition coefficient (Wildman–Crippen LogP) is 1.60. The molecule has 1 atom stereocenters. The quantitative estimate of drug-likeness (QED) is 0.576. The molecule has 0 aliphatic carbocycles. The van der Waals surface area contributed by atoms with E-state index in [0.717, 1.165) is 36.5 Å². The van der Waals surface area contributed by atoms with Gasteiger partial charge in [-0.05, 0) is 48.2 Å². The zero-order valence-electron chi connectivity index (χ0n) is 17.3. The predicted molar refractivity (Wildman–Crippen MR) is 115 cm³/mol. The van der Waals surface area contributed by atoms with Crippen LogP contribution in [0.25, 0.3) is 0 Å². The molecule has 4 rings (SSSR count). The first kappa shape index (κ1) is 20.6. The molecule has 3 heterocycles. The van der Waals surface area contributed by atoms with Gasteiger partial charge in [-0.2, -0.15) is 0 Å². The molecule has 2 aromatic rings. The van der Waals surface area contributed by atoms with Gasteiger partial charge in [-0.25, -0.2) is 4.98 Å². The molecule has 0 radical (unpaired) electrons. The molecule has 0 saturated carbocycles. The SMILES string of the molecule is CN(Cc1ccc2c(n1)NCCC2)C(=O)c1ccc2c(c1)CNC(=O)[C@H](CC(=O)O)N2. The summed E-state index contributed by atoms with van der Waals surface area (Å²) >= 11 is 0. The van der Waals surface area contributed by atoms with Gasteiger partial charge in [0.15, 0.2) is 0 Å². The van der Waals surface area contributed by atoms with Crippen LogP contribution < -0.4 is 16.0 Å². The Kier molecular flexibility index (Phi) is 5.75. The van der Waals surface area contributed by atoms with Gasteiger partial charge in [0.05, 0.1) is 18.7 Å². The number of nitrogens with one attached hydrogen (secondary N) is 3. The summed E-state index contributed by atoms with van der Waals surface area (Å²) in [7, 11) is 1.73. The summed E-state index contributed by atoms with van der Waals surface area (Å²) in [6.45, 7) is 1.51. The Balaban J connectivity index is 1.48. The molecule has 0 spiro atoms. The Bertz CT molecular complexity index is 1040. The van der Waals surface area contributed by atoms with Crippen LogP contribution in [-0.2, 0) is 29.1 Å². The number of fused-ring (bicyclic) bond motifs is 2. The van der Waals surface area contributed by atoms with Gasteiger partial charge in [0.2, 0.25) is 5.91 Å². The maximum atomic E-state index is 13.0. The van der Waals surface area contributed by atoms with Gasteiger partial charge in [-0.15, -0.1) is 0 Å². The number of aromatic nitrogens is 1. The van der Waals surface area contributed by atoms with Crippen LogP contribution in [0.1, 0.15) is 40.0 Å². The molecular formula is C22H25N5O4. The van der Waals surface area contributed by atoms with E-state index in [9.17, 15) is 14.4 Å². The first-order valence-electron chi connectivity index (χ1n) is 10.3. The molecular weight excluding hydrogens is 398 g/mol. The molecule has 162 valence electrons. The minimum Gasteiger partial charge on any atom is -0.481 e. The maximum absolute atomic E-state index is 13.0. The zero-order chi connectivity index (χ0) is 22.0. The summed E-state index contributed by atoms with van der Waals surface area (Å²) in [5.74, 6) is -0.702. The number of aryl methyl sites for hydroxylation is 1. The summed E-state index contributed by atoms with van der Waals surface area (Å²) in [5.41, 5.74) is 3.88. The highest BCUT2D eigenvalue weighted by atomic mass is 16.4. The van der Waals surface area contributed by atoms with Crippen LogP contribution in [0.3, 0.4) is 0 Å². The molecule has 9 heteroatoms. The van der Waals surface area contributed by atoms with Crippen LogP contribution in [0.15, 0.2) is 30.3 Å². The lowest BCUT2D eigenvalue weighted by atomic mass is 10.1. The molecule has 31 heavy (non-hydrogen) atoms. The molecule has 0 bridgehead atoms. The number of benzene rings is 1. The second-order valence-electron chi connectivity index (χ2n) is 7.89. The third kappa shape index (κ3) is 4.60. The number of carbonyl (C=O) groups excluding carboxylic acids is 2. The van der Waals surface area contributed by atoms with Crippen molar-refractivity contribution < 1.29 is 19.5 Å². The highest BCUT2D eigenvalue weighted by Crippen LogP contribution is 2.24. The van der Waals surface area contributed by atoms with E-state index in [1.54, 1.807) is 30.1 Å². The largest absolute Gasteiger partial charge is 0.481 e. The van der Waals surface area contributed by atoms with Crippen LogP contribution in [-0.4, -0.2) is 52.4 Å². The number of carbonyl (C=O) groups is 3. The van der Waals surface area contributed by atoms with Gasteiger partial charge in [0, 0.05) is 31.4 Å². The smallest absolute Gasteiger partial charge is 0.305 e. The van der Waals surface area contributed by atoms with E-state index in [4.69, 9.17) is 5.11 Å². The van der Waals surface area contributed by atoms with E-state index in [0.29, 0.717) is 17.8 Å². The Morgan fingerprint density at radius 3 is 2.84 bits per heavy atom. The second-order valence-corrected chi connectivity index (χ2v) is 7.89. The summed E-state index contributed by atoms with van der Waals surface area (Å²) in [6.07, 6.45) is 1.78. The molecule has 1 aromatic carbocycles. The Labute approximate surface area is 179 Å². The highest BCUT2D eigenvalue weighted by molar-refractivity contribution is 5.95. The van der Waals surface area contributed by atoms with E-state index in [1.165, 1.54) is 5.56 Å². The van der Waals surface area contributed by atoms with Crippen molar-refractivity contribution in [2.75, 3.05) is 24.2 Å². The highest BCUT2D eigenvalue weighted by Gasteiger charge is 2.26. The molecule has 2 aliphatic rings. The lowest BCUT2D eigenvalue weighted by Crippen LogP contribution is -2.38. The molecule has 0 unspecified atom stereocenters. The number of nitrogens with zero attached hydrogens (tertiary/aromatic N) is 2. The normalized spacial score (nSPS) is 17.2. The number of hydrogen-bond acceptors (Lipinski definition) is 6. The third-order valence-corrected chi connectivity index (χ3v) is 5.53. The number of pyridine rings is 1. The van der Waals surface area contributed by atoms with Gasteiger partial charge in [0.1, 0.15) is 11.9 Å². The van der Waals surface area contributed by atoms with Gasteiger partial charge in [-0.1, -0.05) is 6.07 Å². The van der Waals surface area contributed by atoms with E-state index >= 15 is 0 Å². The molecule has 9 nitrogen and oxygen atoms in total. The Morgan fingerprint density at radius 1 is 1.19 bits per heavy atom. The van der Waals surface area contributed by atoms with Crippen LogP contribution >= 0.6 is 0 Å². The minimum atomic E-state index is -1.06. The number of carboxylic acids is 1. The summed E-state index contributed by atoms with van der Waals surface area (Å²) in [6, 6.07) is 8.28. The van der Waals surface area contributed by atoms with Crippen LogP contribution in [0.4, 0.5) is 11.5 Å². The van der Waals surface area contributed by atoms with E-state index in [2.05, 4.69) is 27.0 Å². The van der Waals surface area contributed by atoms with Gasteiger partial charge < -0.3 is 26.0 Å². The average molecular weight is 423 g/mol. The standard InChI is InChI=1S/C22H25N5O4/c1-27(12-16-6-4-13-3-2-8-23-20(13)25-16)22(31)14-5-7-17-15(9-14)11-24-21(30)18(26-17)10-19(28)29/h4-7,9,18,26H,2-3,8,10-12H2,1H3,(H,23,25)(H,24,30)(H,28,29)/t18-/m0/s1. The number of rotatable bonds is 5. The van der Waals surface area contributed by atoms with Crippen molar-refractivity contribution in [3.8, 4) is 0 Å². The van der Waals surface area contributed by atoms with Gasteiger partial charge >= 0.3 is 5.97 Å². The van der Waals surface area contributed by atoms with Crippen molar-refractivity contribution in [3.05, 3.63) is 52.7 Å². The zero-order valence-corrected chi connectivity index (χ0v) is 17.3. The number of aliphatic carboxylic acids is 1. The summed E-state index contributed by atoms with van der Waals surface area (Å²) < 4.78 is 0. The van der Waals surface area contributed by atoms with Crippen molar-refractivity contribution in [1.29, 1.82) is 0 Å². The molecule has 0 saturated heterocycles. The van der Waals surface area contributed by atoms with Crippen LogP contribution in [0.5, 0.6) is 0 Å². The van der Waals surface area contributed by atoms with Gasteiger partial charge in [-0.3, -0.25) is 14.4 Å². The fourth-order valence-electron chi connectivity index (χ4n) is 3.88. The third-order valence-electron chi connectivity index (χ3n) is 5.53. The summed E-state index contributed by atoms with van der Waals surface area (Å²) in [5, 5.41) is 18.0. The van der Waals surface area contributed by atoms with Crippen LogP contribution in [0.2, 0.25) is 0 Å². The average Bonchev–Trinajstić information content (AvgIpc) is 2.91. The molecule has 2 amide bonds. The first-order chi connectivity index (χ1) is 14.9. The Morgan fingerprint density at radius 2 is 2.03 bits per heavy atom. The fraction of sp³-hybridized carbons (Fsp3) is 0.364. The molecule has 0 fully saturated rings. The van der Waals surface area contributed by atoms with E-state index < -0.39 is 12.0 Å². The Hall–Kier alpha value is -3.62. The van der Waals surface area contributed by atoms with Crippen molar-refractivity contribution in [2.24, 2.45) is 0 Å². The minimum absolute atomic E-state index is 0.159. The summed E-state index contributed by atoms with van der Waals surface area (Å²) in [4.78, 5) is 42.4. The number of carboxylic acid groups (broad SMARTS) is 1. The monoisotopic (exact) mass is 423 g/mol. The fourth-order valence-corrected chi connectivity index (χ4v) is 3.88.